The summed E-state index contributed by atoms with van der Waals surface area (Å²) in [6.07, 6.45) is 3.08. The highest BCUT2D eigenvalue weighted by Gasteiger charge is 2.54. The number of piperidine rings is 1. The predicted molar refractivity (Wildman–Crippen MR) is 129 cm³/mol. The van der Waals surface area contributed by atoms with E-state index in [9.17, 15) is 4.79 Å². The molecule has 0 aliphatic carbocycles. The Balaban J connectivity index is 1.41. The molecule has 2 aliphatic rings. The molecule has 1 atom stereocenters. The van der Waals surface area contributed by atoms with Crippen LogP contribution in [0.4, 0.5) is 10.5 Å². The number of carbonyl (C=O) groups excluding carboxylic acids is 1. The molecule has 1 unspecified atom stereocenters. The molecular formula is C26H34ClN3O. The molecule has 2 heterocycles. The fraction of sp³-hybridized carbons (Fsp3) is 0.500. The van der Waals surface area contributed by atoms with Crippen LogP contribution in [-0.2, 0) is 6.42 Å². The van der Waals surface area contributed by atoms with Gasteiger partial charge in [0, 0.05) is 48.3 Å². The lowest BCUT2D eigenvalue weighted by Crippen LogP contribution is -2.63. The predicted octanol–water partition coefficient (Wildman–Crippen LogP) is 6.23. The molecule has 31 heavy (non-hydrogen) atoms. The second-order valence-corrected chi connectivity index (χ2v) is 10.0. The van der Waals surface area contributed by atoms with Crippen molar-refractivity contribution in [3.05, 3.63) is 64.7 Å². The third-order valence-electron chi connectivity index (χ3n) is 6.91. The number of nitrogens with one attached hydrogen (secondary N) is 1. The van der Waals surface area contributed by atoms with Crippen LogP contribution < -0.4 is 5.32 Å². The van der Waals surface area contributed by atoms with Crippen LogP contribution in [0.2, 0.25) is 5.02 Å². The molecule has 2 amide bonds. The van der Waals surface area contributed by atoms with E-state index in [2.05, 4.69) is 55.3 Å². The zero-order valence-corrected chi connectivity index (χ0v) is 19.7. The van der Waals surface area contributed by atoms with Crippen LogP contribution in [0.15, 0.2) is 48.5 Å². The van der Waals surface area contributed by atoms with Crippen LogP contribution in [0.25, 0.3) is 0 Å². The summed E-state index contributed by atoms with van der Waals surface area (Å²) in [5.41, 5.74) is 3.75. The van der Waals surface area contributed by atoms with E-state index in [0.717, 1.165) is 56.2 Å². The minimum atomic E-state index is 0.0144. The number of benzene rings is 2. The number of hydrogen-bond acceptors (Lipinski definition) is 2. The van der Waals surface area contributed by atoms with E-state index < -0.39 is 0 Å². The minimum absolute atomic E-state index is 0.0144. The number of carbonyl (C=O) groups is 1. The van der Waals surface area contributed by atoms with E-state index in [-0.39, 0.29) is 11.4 Å². The van der Waals surface area contributed by atoms with Gasteiger partial charge in [0.05, 0.1) is 0 Å². The molecule has 2 aliphatic heterocycles. The van der Waals surface area contributed by atoms with Crippen molar-refractivity contribution in [3.63, 3.8) is 0 Å². The van der Waals surface area contributed by atoms with E-state index in [4.69, 9.17) is 11.6 Å². The Morgan fingerprint density at radius 1 is 1.10 bits per heavy atom. The SMILES string of the molecule is CCc1ccc(NC(=O)N2CCC3(CC2)CN(CC(C)C)C3c2ccc(Cl)cc2)cc1. The summed E-state index contributed by atoms with van der Waals surface area (Å²) < 4.78 is 0. The van der Waals surface area contributed by atoms with Gasteiger partial charge in [-0.15, -0.1) is 0 Å². The molecule has 2 fully saturated rings. The zero-order chi connectivity index (χ0) is 22.0. The Morgan fingerprint density at radius 3 is 2.32 bits per heavy atom. The molecule has 166 valence electrons. The summed E-state index contributed by atoms with van der Waals surface area (Å²) in [5, 5.41) is 3.86. The van der Waals surface area contributed by atoms with E-state index in [1.807, 2.05) is 29.2 Å². The molecule has 4 rings (SSSR count). The largest absolute Gasteiger partial charge is 0.324 e. The number of anilines is 1. The third kappa shape index (κ3) is 4.75. The monoisotopic (exact) mass is 439 g/mol. The number of rotatable bonds is 5. The van der Waals surface area contributed by atoms with Crippen molar-refractivity contribution in [1.29, 1.82) is 0 Å². The van der Waals surface area contributed by atoms with Gasteiger partial charge in [-0.1, -0.05) is 56.6 Å². The van der Waals surface area contributed by atoms with Gasteiger partial charge in [-0.05, 0) is 60.6 Å². The average molecular weight is 440 g/mol. The lowest BCUT2D eigenvalue weighted by molar-refractivity contribution is -0.111. The Bertz CT molecular complexity index is 886. The van der Waals surface area contributed by atoms with Crippen molar-refractivity contribution in [2.45, 2.75) is 46.1 Å². The van der Waals surface area contributed by atoms with Gasteiger partial charge in [-0.3, -0.25) is 4.90 Å². The van der Waals surface area contributed by atoms with Crippen LogP contribution in [0.3, 0.4) is 0 Å². The number of urea groups is 1. The van der Waals surface area contributed by atoms with Gasteiger partial charge in [0.2, 0.25) is 0 Å². The van der Waals surface area contributed by atoms with Gasteiger partial charge in [-0.2, -0.15) is 0 Å². The fourth-order valence-electron chi connectivity index (χ4n) is 5.32. The third-order valence-corrected chi connectivity index (χ3v) is 7.16. The van der Waals surface area contributed by atoms with Gasteiger partial charge in [0.15, 0.2) is 0 Å². The molecule has 0 radical (unpaired) electrons. The van der Waals surface area contributed by atoms with Crippen molar-refractivity contribution in [3.8, 4) is 0 Å². The number of aryl methyl sites for hydroxylation is 1. The Morgan fingerprint density at radius 2 is 1.74 bits per heavy atom. The molecular weight excluding hydrogens is 406 g/mol. The lowest BCUT2D eigenvalue weighted by Gasteiger charge is -2.61. The topological polar surface area (TPSA) is 35.6 Å². The van der Waals surface area contributed by atoms with Crippen LogP contribution in [0.5, 0.6) is 0 Å². The molecule has 0 aromatic heterocycles. The van der Waals surface area contributed by atoms with Gasteiger partial charge in [0.25, 0.3) is 0 Å². The van der Waals surface area contributed by atoms with Gasteiger partial charge in [0.1, 0.15) is 0 Å². The first-order valence-electron chi connectivity index (χ1n) is 11.5. The highest BCUT2D eigenvalue weighted by atomic mass is 35.5. The second-order valence-electron chi connectivity index (χ2n) is 9.61. The summed E-state index contributed by atoms with van der Waals surface area (Å²) in [5.74, 6) is 0.636. The van der Waals surface area contributed by atoms with Crippen molar-refractivity contribution < 1.29 is 4.79 Å². The summed E-state index contributed by atoms with van der Waals surface area (Å²) in [6.45, 7) is 10.5. The summed E-state index contributed by atoms with van der Waals surface area (Å²) in [7, 11) is 0. The Hall–Kier alpha value is -2.04. The quantitative estimate of drug-likeness (QED) is 0.599. The summed E-state index contributed by atoms with van der Waals surface area (Å²) >= 11 is 6.15. The molecule has 1 spiro atoms. The van der Waals surface area contributed by atoms with Crippen LogP contribution in [0.1, 0.15) is 50.8 Å². The van der Waals surface area contributed by atoms with Crippen LogP contribution in [0, 0.1) is 11.3 Å². The Labute approximate surface area is 191 Å². The maximum Gasteiger partial charge on any atom is 0.321 e. The first-order valence-corrected chi connectivity index (χ1v) is 11.9. The van der Waals surface area contributed by atoms with E-state index in [0.29, 0.717) is 12.0 Å². The lowest BCUT2D eigenvalue weighted by atomic mass is 9.63. The van der Waals surface area contributed by atoms with Crippen LogP contribution >= 0.6 is 11.6 Å². The highest BCUT2D eigenvalue weighted by Crippen LogP contribution is 2.55. The van der Waals surface area contributed by atoms with Crippen molar-refractivity contribution >= 4 is 23.3 Å². The highest BCUT2D eigenvalue weighted by molar-refractivity contribution is 6.30. The normalized spacial score (nSPS) is 20.7. The minimum Gasteiger partial charge on any atom is -0.324 e. The summed E-state index contributed by atoms with van der Waals surface area (Å²) in [6, 6.07) is 16.9. The van der Waals surface area contributed by atoms with E-state index in [1.54, 1.807) is 0 Å². The average Bonchev–Trinajstić information content (AvgIpc) is 2.75. The number of nitrogens with zero attached hydrogens (tertiary/aromatic N) is 2. The molecule has 0 bridgehead atoms. The van der Waals surface area contributed by atoms with Gasteiger partial charge < -0.3 is 10.2 Å². The Kier molecular flexibility index (Phi) is 6.59. The zero-order valence-electron chi connectivity index (χ0n) is 18.9. The molecule has 2 saturated heterocycles. The standard InChI is InChI=1S/C26H34ClN3O/c1-4-20-5-11-23(12-6-20)28-25(31)29-15-13-26(14-16-29)18-30(17-19(2)3)24(26)21-7-9-22(27)10-8-21/h5-12,19,24H,4,13-18H2,1-3H3,(H,28,31). The smallest absolute Gasteiger partial charge is 0.321 e. The fourth-order valence-corrected chi connectivity index (χ4v) is 5.44. The first kappa shape index (κ1) is 22.2. The van der Waals surface area contributed by atoms with Gasteiger partial charge in [-0.25, -0.2) is 4.79 Å². The molecule has 0 saturated carbocycles. The van der Waals surface area contributed by atoms with E-state index in [1.165, 1.54) is 11.1 Å². The number of hydrogen-bond donors (Lipinski definition) is 1. The van der Waals surface area contributed by atoms with Crippen molar-refractivity contribution in [2.24, 2.45) is 11.3 Å². The molecule has 2 aromatic rings. The first-order chi connectivity index (χ1) is 14.9. The van der Waals surface area contributed by atoms with Crippen LogP contribution in [-0.4, -0.2) is 42.0 Å². The van der Waals surface area contributed by atoms with Crippen molar-refractivity contribution in [2.75, 3.05) is 31.5 Å². The molecule has 2 aromatic carbocycles. The number of likely N-dealkylation sites (tertiary alicyclic amines) is 2. The number of amides is 2. The van der Waals surface area contributed by atoms with E-state index >= 15 is 0 Å². The molecule has 5 heteroatoms. The molecule has 4 nitrogen and oxygen atoms in total. The van der Waals surface area contributed by atoms with Gasteiger partial charge >= 0.3 is 6.03 Å². The maximum atomic E-state index is 12.8. The second kappa shape index (κ2) is 9.22. The van der Waals surface area contributed by atoms with Crippen molar-refractivity contribution in [1.82, 2.24) is 9.80 Å². The molecule has 1 N–H and O–H groups in total. The number of halogens is 1. The summed E-state index contributed by atoms with van der Waals surface area (Å²) in [4.78, 5) is 17.4. The maximum absolute atomic E-state index is 12.8.